The normalized spacial score (nSPS) is 29.5. The Kier molecular flexibility index (Phi) is 4.18. The molecule has 120 valence electrons. The molecular weight excluding hydrogens is 282 g/mol. The molecule has 0 unspecified atom stereocenters. The minimum atomic E-state index is -0.180. The molecule has 2 aliphatic carbocycles. The van der Waals surface area contributed by atoms with Gasteiger partial charge in [0.05, 0.1) is 19.2 Å². The van der Waals surface area contributed by atoms with Crippen LogP contribution >= 0.6 is 0 Å². The molecule has 0 aromatic carbocycles. The largest absolute Gasteiger partial charge is 0.469 e. The fraction of sp³-hybridized carbons (Fsp3) is 0.688. The van der Waals surface area contributed by atoms with Crippen molar-refractivity contribution in [2.45, 2.75) is 45.2 Å². The maximum atomic E-state index is 12.2. The van der Waals surface area contributed by atoms with Crippen LogP contribution in [0, 0.1) is 24.7 Å². The average Bonchev–Trinajstić information content (AvgIpc) is 3.20. The first-order valence-electron chi connectivity index (χ1n) is 7.94. The van der Waals surface area contributed by atoms with E-state index in [2.05, 4.69) is 10.4 Å². The molecule has 22 heavy (non-hydrogen) atoms. The van der Waals surface area contributed by atoms with Crippen LogP contribution in [-0.4, -0.2) is 34.8 Å². The summed E-state index contributed by atoms with van der Waals surface area (Å²) in [6.07, 6.45) is 7.28. The standard InChI is InChI=1S/C16H23N3O3/c1-10-8-17-19(9-10)6-5-13(20)18-15-12-4-3-11(7-12)14(15)16(21)22-2/h8-9,11-12,14-15H,3-7H2,1-2H3,(H,18,20)/t11-,12-,14+,15-/m0/s1. The molecule has 0 radical (unpaired) electrons. The number of hydrogen-bond acceptors (Lipinski definition) is 4. The quantitative estimate of drug-likeness (QED) is 0.832. The molecule has 2 saturated carbocycles. The molecule has 4 atom stereocenters. The Balaban J connectivity index is 1.57. The molecule has 0 spiro atoms. The predicted octanol–water partition coefficient (Wildman–Crippen LogP) is 1.29. The van der Waals surface area contributed by atoms with Gasteiger partial charge in [0, 0.05) is 25.2 Å². The van der Waals surface area contributed by atoms with E-state index in [-0.39, 0.29) is 23.8 Å². The molecule has 2 aliphatic rings. The number of aromatic nitrogens is 2. The van der Waals surface area contributed by atoms with Crippen LogP contribution in [0.1, 0.15) is 31.2 Å². The van der Waals surface area contributed by atoms with Gasteiger partial charge in [-0.1, -0.05) is 0 Å². The molecule has 0 saturated heterocycles. The number of methoxy groups -OCH3 is 1. The van der Waals surface area contributed by atoms with Crippen LogP contribution in [0.5, 0.6) is 0 Å². The summed E-state index contributed by atoms with van der Waals surface area (Å²) in [6, 6.07) is -0.0574. The second-order valence-corrected chi connectivity index (χ2v) is 6.51. The molecule has 2 bridgehead atoms. The lowest BCUT2D eigenvalue weighted by Gasteiger charge is -2.29. The number of rotatable bonds is 5. The summed E-state index contributed by atoms with van der Waals surface area (Å²) in [5.41, 5.74) is 1.08. The summed E-state index contributed by atoms with van der Waals surface area (Å²) in [4.78, 5) is 24.2. The summed E-state index contributed by atoms with van der Waals surface area (Å²) in [5.74, 6) is 0.431. The van der Waals surface area contributed by atoms with Gasteiger partial charge in [-0.3, -0.25) is 14.3 Å². The van der Waals surface area contributed by atoms with Crippen LogP contribution in [0.3, 0.4) is 0 Å². The lowest BCUT2D eigenvalue weighted by Crippen LogP contribution is -2.47. The number of ether oxygens (including phenoxy) is 1. The Morgan fingerprint density at radius 1 is 1.41 bits per heavy atom. The molecule has 3 rings (SSSR count). The second-order valence-electron chi connectivity index (χ2n) is 6.51. The number of nitrogens with one attached hydrogen (secondary N) is 1. The van der Waals surface area contributed by atoms with Gasteiger partial charge < -0.3 is 10.1 Å². The van der Waals surface area contributed by atoms with E-state index in [9.17, 15) is 9.59 Å². The maximum absolute atomic E-state index is 12.2. The summed E-state index contributed by atoms with van der Waals surface area (Å²) < 4.78 is 6.70. The van der Waals surface area contributed by atoms with Crippen molar-refractivity contribution in [3.8, 4) is 0 Å². The van der Waals surface area contributed by atoms with E-state index >= 15 is 0 Å². The van der Waals surface area contributed by atoms with E-state index in [0.29, 0.717) is 24.8 Å². The van der Waals surface area contributed by atoms with Crippen LogP contribution in [0.25, 0.3) is 0 Å². The van der Waals surface area contributed by atoms with Crippen LogP contribution in [0.2, 0.25) is 0 Å². The lowest BCUT2D eigenvalue weighted by atomic mass is 9.84. The molecule has 6 nitrogen and oxygen atoms in total. The number of hydrogen-bond donors (Lipinski definition) is 1. The lowest BCUT2D eigenvalue weighted by molar-refractivity contribution is -0.148. The molecule has 0 aliphatic heterocycles. The van der Waals surface area contributed by atoms with Crippen molar-refractivity contribution in [3.05, 3.63) is 18.0 Å². The van der Waals surface area contributed by atoms with Crippen molar-refractivity contribution < 1.29 is 14.3 Å². The SMILES string of the molecule is COC(=O)[C@@H]1[C@H]2CC[C@@H](C2)[C@@H]1NC(=O)CCn1cc(C)cn1. The van der Waals surface area contributed by atoms with E-state index in [1.165, 1.54) is 7.11 Å². The molecule has 6 heteroatoms. The highest BCUT2D eigenvalue weighted by Crippen LogP contribution is 2.48. The van der Waals surface area contributed by atoms with Crippen molar-refractivity contribution in [2.75, 3.05) is 7.11 Å². The van der Waals surface area contributed by atoms with E-state index in [1.54, 1.807) is 10.9 Å². The first kappa shape index (κ1) is 15.1. The predicted molar refractivity (Wildman–Crippen MR) is 79.8 cm³/mol. The van der Waals surface area contributed by atoms with Gasteiger partial charge in [-0.25, -0.2) is 0 Å². The zero-order valence-electron chi connectivity index (χ0n) is 13.1. The van der Waals surface area contributed by atoms with Crippen molar-refractivity contribution in [1.82, 2.24) is 15.1 Å². The van der Waals surface area contributed by atoms with Gasteiger partial charge in [-0.15, -0.1) is 0 Å². The smallest absolute Gasteiger partial charge is 0.311 e. The molecule has 1 aromatic heterocycles. The summed E-state index contributed by atoms with van der Waals surface area (Å²) >= 11 is 0. The Hall–Kier alpha value is -1.85. The van der Waals surface area contributed by atoms with Crippen molar-refractivity contribution in [3.63, 3.8) is 0 Å². The minimum Gasteiger partial charge on any atom is -0.469 e. The fourth-order valence-electron chi connectivity index (χ4n) is 4.04. The zero-order valence-corrected chi connectivity index (χ0v) is 13.1. The van der Waals surface area contributed by atoms with Crippen LogP contribution in [0.4, 0.5) is 0 Å². The van der Waals surface area contributed by atoms with E-state index in [0.717, 1.165) is 24.8 Å². The molecule has 2 fully saturated rings. The third-order valence-electron chi connectivity index (χ3n) is 5.05. The number of esters is 1. The number of nitrogens with zero attached hydrogens (tertiary/aromatic N) is 2. The van der Waals surface area contributed by atoms with Crippen LogP contribution < -0.4 is 5.32 Å². The Morgan fingerprint density at radius 2 is 2.18 bits per heavy atom. The first-order valence-corrected chi connectivity index (χ1v) is 7.94. The highest BCUT2D eigenvalue weighted by molar-refractivity contribution is 5.79. The monoisotopic (exact) mass is 305 g/mol. The highest BCUT2D eigenvalue weighted by atomic mass is 16.5. The number of fused-ring (bicyclic) bond motifs is 2. The number of carbonyl (C=O) groups is 2. The van der Waals surface area contributed by atoms with Gasteiger partial charge >= 0.3 is 5.97 Å². The van der Waals surface area contributed by atoms with Gasteiger partial charge in [-0.05, 0) is 43.6 Å². The summed E-state index contributed by atoms with van der Waals surface area (Å²) in [7, 11) is 1.42. The van der Waals surface area contributed by atoms with Gasteiger partial charge in [0.15, 0.2) is 0 Å². The number of amides is 1. The topological polar surface area (TPSA) is 73.2 Å². The summed E-state index contributed by atoms with van der Waals surface area (Å²) in [5, 5.41) is 7.25. The van der Waals surface area contributed by atoms with Crippen molar-refractivity contribution in [2.24, 2.45) is 17.8 Å². The Morgan fingerprint density at radius 3 is 2.86 bits per heavy atom. The molecule has 1 heterocycles. The van der Waals surface area contributed by atoms with Gasteiger partial charge in [0.2, 0.25) is 5.91 Å². The third-order valence-corrected chi connectivity index (χ3v) is 5.05. The van der Waals surface area contributed by atoms with E-state index < -0.39 is 0 Å². The maximum Gasteiger partial charge on any atom is 0.311 e. The van der Waals surface area contributed by atoms with Crippen molar-refractivity contribution >= 4 is 11.9 Å². The molecule has 1 N–H and O–H groups in total. The Bertz CT molecular complexity index is 569. The summed E-state index contributed by atoms with van der Waals surface area (Å²) in [6.45, 7) is 2.53. The third kappa shape index (κ3) is 2.87. The van der Waals surface area contributed by atoms with Crippen molar-refractivity contribution in [1.29, 1.82) is 0 Å². The number of aryl methyl sites for hydroxylation is 2. The Labute approximate surface area is 130 Å². The molecule has 1 amide bonds. The van der Waals surface area contributed by atoms with Gasteiger partial charge in [0.25, 0.3) is 0 Å². The average molecular weight is 305 g/mol. The number of carbonyl (C=O) groups excluding carboxylic acids is 2. The zero-order chi connectivity index (χ0) is 15.7. The van der Waals surface area contributed by atoms with Crippen LogP contribution in [-0.2, 0) is 20.9 Å². The fourth-order valence-corrected chi connectivity index (χ4v) is 4.04. The highest BCUT2D eigenvalue weighted by Gasteiger charge is 2.51. The molecule has 1 aromatic rings. The minimum absolute atomic E-state index is 0.0143. The van der Waals surface area contributed by atoms with Gasteiger partial charge in [0.1, 0.15) is 0 Å². The molecular formula is C16H23N3O3. The van der Waals surface area contributed by atoms with E-state index in [1.807, 2.05) is 13.1 Å². The second kappa shape index (κ2) is 6.10. The van der Waals surface area contributed by atoms with Gasteiger partial charge in [-0.2, -0.15) is 5.10 Å². The van der Waals surface area contributed by atoms with Crippen LogP contribution in [0.15, 0.2) is 12.4 Å². The van der Waals surface area contributed by atoms with E-state index in [4.69, 9.17) is 4.74 Å². The first-order chi connectivity index (χ1) is 10.6.